The van der Waals surface area contributed by atoms with E-state index in [9.17, 15) is 26.4 Å². The number of methoxy groups -OCH3 is 1. The first-order chi connectivity index (χ1) is 9.56. The maximum atomic E-state index is 12.2. The molecule has 0 aliphatic carbocycles. The Bertz CT molecular complexity index is 623. The number of ether oxygens (including phenoxy) is 1. The van der Waals surface area contributed by atoms with Crippen molar-refractivity contribution in [3.8, 4) is 11.5 Å². The number of carboxylic acid groups (broad SMARTS) is 1. The Morgan fingerprint density at radius 2 is 1.90 bits per heavy atom. The summed E-state index contributed by atoms with van der Waals surface area (Å²) in [6.45, 7) is 0. The van der Waals surface area contributed by atoms with Crippen LogP contribution in [0.2, 0.25) is 0 Å². The standard InChI is InChI=1S/C11H11F3O6S/c1-19-9-6-7(3-5-10(15)16)2-4-8(9)20-21(17,18)11(12,13)14/h2,4,6H,3,5H2,1H3,(H,15,16). The molecule has 0 saturated carbocycles. The summed E-state index contributed by atoms with van der Waals surface area (Å²) in [5.74, 6) is -1.92. The fraction of sp³-hybridized carbons (Fsp3) is 0.364. The van der Waals surface area contributed by atoms with Crippen molar-refractivity contribution >= 4 is 16.1 Å². The Hall–Kier alpha value is -1.97. The molecule has 0 fully saturated rings. The Balaban J connectivity index is 3.02. The lowest BCUT2D eigenvalue weighted by atomic mass is 10.1. The first kappa shape index (κ1) is 17.1. The number of hydrogen-bond donors (Lipinski definition) is 1. The van der Waals surface area contributed by atoms with Gasteiger partial charge in [-0.05, 0) is 24.1 Å². The van der Waals surface area contributed by atoms with E-state index in [0.717, 1.165) is 13.2 Å². The summed E-state index contributed by atoms with van der Waals surface area (Å²) in [5.41, 5.74) is -5.11. The van der Waals surface area contributed by atoms with E-state index >= 15 is 0 Å². The van der Waals surface area contributed by atoms with Gasteiger partial charge in [-0.2, -0.15) is 21.6 Å². The van der Waals surface area contributed by atoms with E-state index in [1.165, 1.54) is 12.1 Å². The average molecular weight is 328 g/mol. The maximum Gasteiger partial charge on any atom is 0.534 e. The molecule has 0 saturated heterocycles. The van der Waals surface area contributed by atoms with Crippen LogP contribution in [0.1, 0.15) is 12.0 Å². The zero-order valence-corrected chi connectivity index (χ0v) is 11.5. The Morgan fingerprint density at radius 1 is 1.29 bits per heavy atom. The van der Waals surface area contributed by atoms with Crippen molar-refractivity contribution in [2.75, 3.05) is 7.11 Å². The molecule has 1 N–H and O–H groups in total. The minimum atomic E-state index is -5.80. The molecule has 0 unspecified atom stereocenters. The molecular formula is C11H11F3O6S. The van der Waals surface area contributed by atoms with E-state index in [1.54, 1.807) is 0 Å². The highest BCUT2D eigenvalue weighted by atomic mass is 32.2. The van der Waals surface area contributed by atoms with Gasteiger partial charge in [-0.1, -0.05) is 6.07 Å². The van der Waals surface area contributed by atoms with Gasteiger partial charge >= 0.3 is 21.6 Å². The minimum Gasteiger partial charge on any atom is -0.493 e. The summed E-state index contributed by atoms with van der Waals surface area (Å²) >= 11 is 0. The molecule has 10 heteroatoms. The third-order valence-electron chi connectivity index (χ3n) is 2.34. The lowest BCUT2D eigenvalue weighted by Crippen LogP contribution is -2.28. The van der Waals surface area contributed by atoms with Crippen molar-refractivity contribution in [1.82, 2.24) is 0 Å². The van der Waals surface area contributed by atoms with Gasteiger partial charge in [0.1, 0.15) is 0 Å². The highest BCUT2D eigenvalue weighted by Gasteiger charge is 2.48. The van der Waals surface area contributed by atoms with Crippen molar-refractivity contribution in [1.29, 1.82) is 0 Å². The number of halogens is 3. The Labute approximate surface area is 118 Å². The van der Waals surface area contributed by atoms with Crippen LogP contribution in [0, 0.1) is 0 Å². The fourth-order valence-electron chi connectivity index (χ4n) is 1.35. The minimum absolute atomic E-state index is 0.109. The van der Waals surface area contributed by atoms with E-state index in [-0.39, 0.29) is 18.6 Å². The van der Waals surface area contributed by atoms with E-state index in [1.807, 2.05) is 0 Å². The van der Waals surface area contributed by atoms with Gasteiger partial charge in [0.05, 0.1) is 7.11 Å². The summed E-state index contributed by atoms with van der Waals surface area (Å²) in [6.07, 6.45) is -0.0811. The molecule has 1 aromatic rings. The molecule has 6 nitrogen and oxygen atoms in total. The van der Waals surface area contributed by atoms with Crippen LogP contribution >= 0.6 is 0 Å². The lowest BCUT2D eigenvalue weighted by molar-refractivity contribution is -0.136. The smallest absolute Gasteiger partial charge is 0.493 e. The van der Waals surface area contributed by atoms with Crippen molar-refractivity contribution in [3.05, 3.63) is 23.8 Å². The molecule has 0 aromatic heterocycles. The molecular weight excluding hydrogens is 317 g/mol. The molecule has 118 valence electrons. The van der Waals surface area contributed by atoms with Crippen molar-refractivity contribution in [2.45, 2.75) is 18.3 Å². The normalized spacial score (nSPS) is 12.0. The number of hydrogen-bond acceptors (Lipinski definition) is 5. The number of aliphatic carboxylic acids is 1. The van der Waals surface area contributed by atoms with Crippen LogP contribution in [0.5, 0.6) is 11.5 Å². The zero-order chi connectivity index (χ0) is 16.3. The van der Waals surface area contributed by atoms with Crippen molar-refractivity contribution in [3.63, 3.8) is 0 Å². The summed E-state index contributed by atoms with van der Waals surface area (Å²) < 4.78 is 67.2. The molecule has 0 atom stereocenters. The van der Waals surface area contributed by atoms with Gasteiger partial charge in [-0.15, -0.1) is 0 Å². The van der Waals surface area contributed by atoms with Gasteiger partial charge in [-0.25, -0.2) is 0 Å². The van der Waals surface area contributed by atoms with E-state index in [2.05, 4.69) is 4.18 Å². The van der Waals surface area contributed by atoms with Crippen LogP contribution in [0.15, 0.2) is 18.2 Å². The fourth-order valence-corrected chi connectivity index (χ4v) is 1.82. The van der Waals surface area contributed by atoms with Gasteiger partial charge in [0.2, 0.25) is 0 Å². The highest BCUT2D eigenvalue weighted by molar-refractivity contribution is 7.88. The maximum absolute atomic E-state index is 12.2. The predicted molar refractivity (Wildman–Crippen MR) is 64.6 cm³/mol. The van der Waals surface area contributed by atoms with Gasteiger partial charge in [0.15, 0.2) is 11.5 Å². The first-order valence-corrected chi connectivity index (χ1v) is 6.87. The summed E-state index contributed by atoms with van der Waals surface area (Å²) in [5, 5.41) is 8.54. The SMILES string of the molecule is COc1cc(CCC(=O)O)ccc1OS(=O)(=O)C(F)(F)F. The van der Waals surface area contributed by atoms with Crippen LogP contribution in [0.3, 0.4) is 0 Å². The van der Waals surface area contributed by atoms with Crippen LogP contribution in [-0.4, -0.2) is 32.1 Å². The van der Waals surface area contributed by atoms with Crippen LogP contribution in [-0.2, 0) is 21.3 Å². The predicted octanol–water partition coefficient (Wildman–Crippen LogP) is 1.94. The molecule has 1 rings (SSSR count). The summed E-state index contributed by atoms with van der Waals surface area (Å²) in [7, 11) is -4.68. The molecule has 1 aromatic carbocycles. The van der Waals surface area contributed by atoms with Gasteiger partial charge in [0.25, 0.3) is 0 Å². The third-order valence-corrected chi connectivity index (χ3v) is 3.30. The number of rotatable bonds is 6. The van der Waals surface area contributed by atoms with Crippen LogP contribution in [0.4, 0.5) is 13.2 Å². The highest BCUT2D eigenvalue weighted by Crippen LogP contribution is 2.33. The quantitative estimate of drug-likeness (QED) is 0.634. The molecule has 0 bridgehead atoms. The zero-order valence-electron chi connectivity index (χ0n) is 10.7. The Morgan fingerprint density at radius 3 is 2.38 bits per heavy atom. The lowest BCUT2D eigenvalue weighted by Gasteiger charge is -2.13. The molecule has 21 heavy (non-hydrogen) atoms. The van der Waals surface area contributed by atoms with Crippen LogP contribution in [0.25, 0.3) is 0 Å². The van der Waals surface area contributed by atoms with E-state index < -0.39 is 27.3 Å². The second-order valence-electron chi connectivity index (χ2n) is 3.86. The van der Waals surface area contributed by atoms with Crippen molar-refractivity contribution < 1.29 is 40.4 Å². The Kier molecular flexibility index (Phi) is 5.05. The van der Waals surface area contributed by atoms with Gasteiger partial charge in [-0.3, -0.25) is 4.79 Å². The first-order valence-electron chi connectivity index (χ1n) is 5.46. The third kappa shape index (κ3) is 4.52. The van der Waals surface area contributed by atoms with E-state index in [4.69, 9.17) is 9.84 Å². The van der Waals surface area contributed by atoms with Gasteiger partial charge in [0, 0.05) is 6.42 Å². The second-order valence-corrected chi connectivity index (χ2v) is 5.40. The largest absolute Gasteiger partial charge is 0.534 e. The monoisotopic (exact) mass is 328 g/mol. The number of benzene rings is 1. The average Bonchev–Trinajstić information content (AvgIpc) is 2.35. The number of aryl methyl sites for hydroxylation is 1. The molecule has 0 spiro atoms. The summed E-state index contributed by atoms with van der Waals surface area (Å²) in [6, 6.07) is 3.44. The van der Waals surface area contributed by atoms with Crippen molar-refractivity contribution in [2.24, 2.45) is 0 Å². The van der Waals surface area contributed by atoms with Gasteiger partial charge < -0.3 is 14.0 Å². The van der Waals surface area contributed by atoms with E-state index in [0.29, 0.717) is 5.56 Å². The molecule has 0 aliphatic rings. The molecule has 0 amide bonds. The number of carbonyl (C=O) groups is 1. The molecule has 0 aliphatic heterocycles. The second kappa shape index (κ2) is 6.20. The topological polar surface area (TPSA) is 89.9 Å². The summed E-state index contributed by atoms with van der Waals surface area (Å²) in [4.78, 5) is 10.4. The van der Waals surface area contributed by atoms with Crippen LogP contribution < -0.4 is 8.92 Å². The molecule has 0 radical (unpaired) electrons. The number of alkyl halides is 3. The number of carboxylic acids is 1. The molecule has 0 heterocycles.